The number of hydrogen-bond acceptors (Lipinski definition) is 5. The van der Waals surface area contributed by atoms with Crippen molar-refractivity contribution in [3.63, 3.8) is 0 Å². The van der Waals surface area contributed by atoms with Gasteiger partial charge in [0.05, 0.1) is 24.9 Å². The first-order chi connectivity index (χ1) is 12.3. The molecule has 1 aliphatic heterocycles. The molecule has 4 rings (SSSR count). The molecule has 2 aromatic carbocycles. The molecule has 2 heterocycles. The Morgan fingerprint density at radius 2 is 1.68 bits per heavy atom. The van der Waals surface area contributed by atoms with E-state index in [1.807, 2.05) is 35.0 Å². The van der Waals surface area contributed by atoms with E-state index in [4.69, 9.17) is 4.74 Å². The lowest BCUT2D eigenvalue weighted by atomic mass is 10.2. The Labute approximate surface area is 147 Å². The van der Waals surface area contributed by atoms with Gasteiger partial charge in [-0.05, 0) is 24.3 Å². The largest absolute Gasteiger partial charge is 0.495 e. The number of methoxy groups -OCH3 is 1. The highest BCUT2D eigenvalue weighted by atomic mass is 16.5. The minimum Gasteiger partial charge on any atom is -0.495 e. The third-order valence-electron chi connectivity index (χ3n) is 4.85. The number of rotatable bonds is 5. The zero-order valence-corrected chi connectivity index (χ0v) is 14.5. The van der Waals surface area contributed by atoms with E-state index in [0.717, 1.165) is 56.1 Å². The summed E-state index contributed by atoms with van der Waals surface area (Å²) in [5.41, 5.74) is 3.26. The second kappa shape index (κ2) is 7.11. The molecular formula is C19H23N5O. The van der Waals surface area contributed by atoms with Gasteiger partial charge in [-0.25, -0.2) is 4.68 Å². The van der Waals surface area contributed by atoms with Crippen molar-refractivity contribution in [1.82, 2.24) is 19.9 Å². The van der Waals surface area contributed by atoms with Crippen LogP contribution in [0.5, 0.6) is 5.75 Å². The molecule has 0 amide bonds. The van der Waals surface area contributed by atoms with E-state index < -0.39 is 0 Å². The Hall–Kier alpha value is -2.60. The van der Waals surface area contributed by atoms with E-state index >= 15 is 0 Å². The molecule has 0 N–H and O–H groups in total. The summed E-state index contributed by atoms with van der Waals surface area (Å²) >= 11 is 0. The van der Waals surface area contributed by atoms with Crippen molar-refractivity contribution in [3.8, 4) is 5.75 Å². The maximum Gasteiger partial charge on any atom is 0.142 e. The Bertz CT molecular complexity index is 838. The highest BCUT2D eigenvalue weighted by Crippen LogP contribution is 2.28. The Kier molecular flexibility index (Phi) is 4.52. The molecule has 0 atom stereocenters. The average molecular weight is 337 g/mol. The smallest absolute Gasteiger partial charge is 0.142 e. The van der Waals surface area contributed by atoms with Gasteiger partial charge in [-0.3, -0.25) is 4.90 Å². The summed E-state index contributed by atoms with van der Waals surface area (Å²) in [4.78, 5) is 4.89. The fraction of sp³-hybridized carbons (Fsp3) is 0.368. The van der Waals surface area contributed by atoms with Crippen LogP contribution in [0.2, 0.25) is 0 Å². The van der Waals surface area contributed by atoms with Crippen LogP contribution in [0.25, 0.3) is 11.0 Å². The van der Waals surface area contributed by atoms with Crippen molar-refractivity contribution in [3.05, 3.63) is 48.5 Å². The molecule has 0 aliphatic carbocycles. The fourth-order valence-corrected chi connectivity index (χ4v) is 3.42. The van der Waals surface area contributed by atoms with Crippen molar-refractivity contribution < 1.29 is 4.74 Å². The second-order valence-electron chi connectivity index (χ2n) is 6.30. The summed E-state index contributed by atoms with van der Waals surface area (Å²) < 4.78 is 7.49. The first kappa shape index (κ1) is 15.9. The minimum atomic E-state index is 0.870. The van der Waals surface area contributed by atoms with Crippen molar-refractivity contribution in [1.29, 1.82) is 0 Å². The van der Waals surface area contributed by atoms with Crippen molar-refractivity contribution in [2.45, 2.75) is 6.54 Å². The zero-order valence-electron chi connectivity index (χ0n) is 14.5. The predicted molar refractivity (Wildman–Crippen MR) is 99.2 cm³/mol. The molecule has 1 fully saturated rings. The quantitative estimate of drug-likeness (QED) is 0.715. The lowest BCUT2D eigenvalue weighted by Gasteiger charge is -2.36. The third-order valence-corrected chi connectivity index (χ3v) is 4.85. The lowest BCUT2D eigenvalue weighted by molar-refractivity contribution is 0.244. The van der Waals surface area contributed by atoms with Crippen LogP contribution in [-0.4, -0.2) is 59.7 Å². The van der Waals surface area contributed by atoms with E-state index in [9.17, 15) is 0 Å². The van der Waals surface area contributed by atoms with Gasteiger partial charge in [-0.2, -0.15) is 0 Å². The van der Waals surface area contributed by atoms with Crippen LogP contribution in [0.15, 0.2) is 48.5 Å². The molecule has 0 saturated carbocycles. The molecule has 1 aromatic heterocycles. The molecule has 6 nitrogen and oxygen atoms in total. The van der Waals surface area contributed by atoms with Crippen LogP contribution in [0.3, 0.4) is 0 Å². The van der Waals surface area contributed by atoms with E-state index in [-0.39, 0.29) is 0 Å². The first-order valence-corrected chi connectivity index (χ1v) is 8.74. The normalized spacial score (nSPS) is 15.6. The minimum absolute atomic E-state index is 0.870. The monoisotopic (exact) mass is 337 g/mol. The number of para-hydroxylation sites is 3. The third kappa shape index (κ3) is 3.30. The number of nitrogens with zero attached hydrogens (tertiary/aromatic N) is 5. The molecule has 1 aliphatic rings. The van der Waals surface area contributed by atoms with Gasteiger partial charge in [0.15, 0.2) is 0 Å². The van der Waals surface area contributed by atoms with Gasteiger partial charge in [0.1, 0.15) is 11.3 Å². The van der Waals surface area contributed by atoms with Gasteiger partial charge in [-0.15, -0.1) is 5.10 Å². The molecule has 6 heteroatoms. The molecule has 0 bridgehead atoms. The van der Waals surface area contributed by atoms with E-state index in [2.05, 4.69) is 38.3 Å². The van der Waals surface area contributed by atoms with Gasteiger partial charge in [-0.1, -0.05) is 29.5 Å². The van der Waals surface area contributed by atoms with Crippen molar-refractivity contribution in [2.75, 3.05) is 44.7 Å². The molecule has 0 unspecified atom stereocenters. The standard InChI is InChI=1S/C19H23N5O/c1-25-19-9-5-4-8-18(19)23-13-10-22(11-14-23)12-15-24-17-7-3-2-6-16(17)20-21-24/h2-9H,10-15H2,1H3. The summed E-state index contributed by atoms with van der Waals surface area (Å²) in [7, 11) is 1.73. The molecule has 3 aromatic rings. The van der Waals surface area contributed by atoms with Crippen LogP contribution in [0.1, 0.15) is 0 Å². The number of benzene rings is 2. The maximum absolute atomic E-state index is 5.49. The van der Waals surface area contributed by atoms with Crippen LogP contribution in [0.4, 0.5) is 5.69 Å². The highest BCUT2D eigenvalue weighted by molar-refractivity contribution is 5.73. The van der Waals surface area contributed by atoms with Crippen LogP contribution >= 0.6 is 0 Å². The number of piperazine rings is 1. The summed E-state index contributed by atoms with van der Waals surface area (Å²) in [6, 6.07) is 16.4. The van der Waals surface area contributed by atoms with Gasteiger partial charge < -0.3 is 9.64 Å². The van der Waals surface area contributed by atoms with E-state index in [1.54, 1.807) is 7.11 Å². The average Bonchev–Trinajstić information content (AvgIpc) is 3.10. The van der Waals surface area contributed by atoms with Gasteiger partial charge >= 0.3 is 0 Å². The van der Waals surface area contributed by atoms with Crippen LogP contribution < -0.4 is 9.64 Å². The van der Waals surface area contributed by atoms with Gasteiger partial charge in [0.25, 0.3) is 0 Å². The number of hydrogen-bond donors (Lipinski definition) is 0. The number of ether oxygens (including phenoxy) is 1. The molecule has 25 heavy (non-hydrogen) atoms. The Balaban J connectivity index is 1.35. The van der Waals surface area contributed by atoms with Crippen molar-refractivity contribution in [2.24, 2.45) is 0 Å². The van der Waals surface area contributed by atoms with Crippen LogP contribution in [-0.2, 0) is 6.54 Å². The van der Waals surface area contributed by atoms with Gasteiger partial charge in [0.2, 0.25) is 0 Å². The maximum atomic E-state index is 5.49. The number of aromatic nitrogens is 3. The Morgan fingerprint density at radius 3 is 2.52 bits per heavy atom. The van der Waals surface area contributed by atoms with E-state index in [1.165, 1.54) is 5.69 Å². The van der Waals surface area contributed by atoms with E-state index in [0.29, 0.717) is 0 Å². The summed E-state index contributed by atoms with van der Waals surface area (Å²) in [5.74, 6) is 0.949. The van der Waals surface area contributed by atoms with Crippen LogP contribution in [0, 0.1) is 0 Å². The first-order valence-electron chi connectivity index (χ1n) is 8.74. The topological polar surface area (TPSA) is 46.4 Å². The zero-order chi connectivity index (χ0) is 17.1. The summed E-state index contributed by atoms with van der Waals surface area (Å²) in [6.45, 7) is 5.98. The Morgan fingerprint density at radius 1 is 0.920 bits per heavy atom. The fourth-order valence-electron chi connectivity index (χ4n) is 3.42. The van der Waals surface area contributed by atoms with Gasteiger partial charge in [0, 0.05) is 32.7 Å². The SMILES string of the molecule is COc1ccccc1N1CCN(CCn2nnc3ccccc32)CC1. The molecule has 1 saturated heterocycles. The number of fused-ring (bicyclic) bond motifs is 1. The molecular weight excluding hydrogens is 314 g/mol. The predicted octanol–water partition coefficient (Wildman–Crippen LogP) is 2.26. The highest BCUT2D eigenvalue weighted by Gasteiger charge is 2.19. The molecule has 130 valence electrons. The molecule has 0 spiro atoms. The lowest BCUT2D eigenvalue weighted by Crippen LogP contribution is -2.47. The summed E-state index contributed by atoms with van der Waals surface area (Å²) in [5, 5.41) is 8.50. The molecule has 0 radical (unpaired) electrons. The second-order valence-corrected chi connectivity index (χ2v) is 6.30. The number of anilines is 1. The van der Waals surface area contributed by atoms with Crippen molar-refractivity contribution >= 4 is 16.7 Å². The summed E-state index contributed by atoms with van der Waals surface area (Å²) in [6.07, 6.45) is 0.